The molecule has 14 heavy (non-hydrogen) atoms. The van der Waals surface area contributed by atoms with E-state index in [0.717, 1.165) is 26.1 Å². The van der Waals surface area contributed by atoms with Crippen LogP contribution in [0.5, 0.6) is 0 Å². The molecule has 0 atom stereocenters. The van der Waals surface area contributed by atoms with Crippen LogP contribution in [0.1, 0.15) is 38.5 Å². The molecule has 0 aromatic rings. The lowest BCUT2D eigenvalue weighted by Gasteiger charge is -2.40. The topological polar surface area (TPSA) is 46.5 Å². The van der Waals surface area contributed by atoms with Crippen LogP contribution < -0.4 is 0 Å². The Kier molecular flexibility index (Phi) is 2.88. The SMILES string of the molecule is O=C1CCC(O)(C2CCOCC2)CC1. The van der Waals surface area contributed by atoms with E-state index in [9.17, 15) is 9.90 Å². The number of carbonyl (C=O) groups excluding carboxylic acids is 1. The van der Waals surface area contributed by atoms with Gasteiger partial charge in [0.25, 0.3) is 0 Å². The fraction of sp³-hybridized carbons (Fsp3) is 0.909. The van der Waals surface area contributed by atoms with E-state index in [1.165, 1.54) is 0 Å². The molecule has 1 aliphatic heterocycles. The predicted molar refractivity (Wildman–Crippen MR) is 52.0 cm³/mol. The van der Waals surface area contributed by atoms with Crippen molar-refractivity contribution in [1.82, 2.24) is 0 Å². The fourth-order valence-corrected chi connectivity index (χ4v) is 2.60. The molecule has 0 aromatic carbocycles. The zero-order valence-electron chi connectivity index (χ0n) is 8.50. The lowest BCUT2D eigenvalue weighted by atomic mass is 9.72. The number of Topliss-reactive ketones (excluding diaryl/α,β-unsaturated/α-hetero) is 1. The third-order valence-electron chi connectivity index (χ3n) is 3.65. The highest BCUT2D eigenvalue weighted by atomic mass is 16.5. The summed E-state index contributed by atoms with van der Waals surface area (Å²) in [6.07, 6.45) is 4.35. The summed E-state index contributed by atoms with van der Waals surface area (Å²) in [5.41, 5.74) is -0.572. The summed E-state index contributed by atoms with van der Waals surface area (Å²) in [6, 6.07) is 0. The lowest BCUT2D eigenvalue weighted by molar-refractivity contribution is -0.131. The smallest absolute Gasteiger partial charge is 0.133 e. The molecule has 3 nitrogen and oxygen atoms in total. The first-order valence-corrected chi connectivity index (χ1v) is 5.52. The molecule has 0 spiro atoms. The largest absolute Gasteiger partial charge is 0.390 e. The summed E-state index contributed by atoms with van der Waals surface area (Å²) in [5, 5.41) is 10.4. The Hall–Kier alpha value is -0.410. The fourth-order valence-electron chi connectivity index (χ4n) is 2.60. The Morgan fingerprint density at radius 3 is 2.36 bits per heavy atom. The second-order valence-corrected chi connectivity index (χ2v) is 4.53. The van der Waals surface area contributed by atoms with E-state index in [1.807, 2.05) is 0 Å². The van der Waals surface area contributed by atoms with Crippen LogP contribution in [0, 0.1) is 5.92 Å². The molecule has 0 unspecified atom stereocenters. The molecule has 1 aliphatic carbocycles. The van der Waals surface area contributed by atoms with Gasteiger partial charge in [0.15, 0.2) is 0 Å². The summed E-state index contributed by atoms with van der Waals surface area (Å²) >= 11 is 0. The first-order chi connectivity index (χ1) is 6.71. The highest BCUT2D eigenvalue weighted by Crippen LogP contribution is 2.37. The number of aliphatic hydroxyl groups is 1. The number of ether oxygens (including phenoxy) is 1. The van der Waals surface area contributed by atoms with Gasteiger partial charge in [-0.15, -0.1) is 0 Å². The quantitative estimate of drug-likeness (QED) is 0.690. The highest BCUT2D eigenvalue weighted by Gasteiger charge is 2.40. The molecule has 2 aliphatic rings. The van der Waals surface area contributed by atoms with E-state index in [1.54, 1.807) is 0 Å². The van der Waals surface area contributed by atoms with E-state index in [4.69, 9.17) is 4.74 Å². The Morgan fingerprint density at radius 1 is 1.21 bits per heavy atom. The van der Waals surface area contributed by atoms with E-state index in [0.29, 0.717) is 37.4 Å². The van der Waals surface area contributed by atoms with Crippen molar-refractivity contribution < 1.29 is 14.6 Å². The highest BCUT2D eigenvalue weighted by molar-refractivity contribution is 5.79. The van der Waals surface area contributed by atoms with Crippen LogP contribution >= 0.6 is 0 Å². The van der Waals surface area contributed by atoms with Gasteiger partial charge in [0.1, 0.15) is 5.78 Å². The number of carbonyl (C=O) groups is 1. The van der Waals surface area contributed by atoms with Crippen LogP contribution in [0.3, 0.4) is 0 Å². The minimum absolute atomic E-state index is 0.307. The van der Waals surface area contributed by atoms with Gasteiger partial charge in [-0.1, -0.05) is 0 Å². The van der Waals surface area contributed by atoms with Crippen molar-refractivity contribution in [1.29, 1.82) is 0 Å². The Labute approximate surface area is 84.4 Å². The molecule has 1 saturated carbocycles. The monoisotopic (exact) mass is 198 g/mol. The van der Waals surface area contributed by atoms with Crippen LogP contribution in [0.2, 0.25) is 0 Å². The predicted octanol–water partition coefficient (Wildman–Crippen LogP) is 1.29. The molecule has 0 amide bonds. The van der Waals surface area contributed by atoms with Gasteiger partial charge in [-0.25, -0.2) is 0 Å². The Bertz CT molecular complexity index is 209. The van der Waals surface area contributed by atoms with Crippen molar-refractivity contribution in [2.45, 2.75) is 44.1 Å². The van der Waals surface area contributed by atoms with E-state index < -0.39 is 5.60 Å². The van der Waals surface area contributed by atoms with Crippen LogP contribution in [-0.2, 0) is 9.53 Å². The molecule has 1 N–H and O–H groups in total. The molecule has 0 aromatic heterocycles. The van der Waals surface area contributed by atoms with Gasteiger partial charge in [0.2, 0.25) is 0 Å². The second kappa shape index (κ2) is 3.99. The summed E-state index contributed by atoms with van der Waals surface area (Å²) in [6.45, 7) is 1.53. The Balaban J connectivity index is 1.96. The van der Waals surface area contributed by atoms with Gasteiger partial charge in [-0.3, -0.25) is 4.79 Å². The van der Waals surface area contributed by atoms with Gasteiger partial charge >= 0.3 is 0 Å². The second-order valence-electron chi connectivity index (χ2n) is 4.53. The summed E-state index contributed by atoms with van der Waals surface area (Å²) in [4.78, 5) is 11.1. The van der Waals surface area contributed by atoms with Crippen molar-refractivity contribution >= 4 is 5.78 Å². The van der Waals surface area contributed by atoms with Crippen molar-refractivity contribution in [3.05, 3.63) is 0 Å². The van der Waals surface area contributed by atoms with Crippen molar-refractivity contribution in [3.63, 3.8) is 0 Å². The zero-order valence-corrected chi connectivity index (χ0v) is 8.50. The molecule has 3 heteroatoms. The van der Waals surface area contributed by atoms with Gasteiger partial charge < -0.3 is 9.84 Å². The maximum atomic E-state index is 11.1. The molecule has 1 heterocycles. The third kappa shape index (κ3) is 1.98. The third-order valence-corrected chi connectivity index (χ3v) is 3.65. The molecular weight excluding hydrogens is 180 g/mol. The summed E-state index contributed by atoms with van der Waals surface area (Å²) < 4.78 is 5.28. The maximum absolute atomic E-state index is 11.1. The average molecular weight is 198 g/mol. The van der Waals surface area contributed by atoms with Crippen molar-refractivity contribution in [3.8, 4) is 0 Å². The minimum atomic E-state index is -0.572. The van der Waals surface area contributed by atoms with Crippen LogP contribution in [0.25, 0.3) is 0 Å². The molecule has 0 bridgehead atoms. The van der Waals surface area contributed by atoms with E-state index >= 15 is 0 Å². The van der Waals surface area contributed by atoms with Crippen LogP contribution in [0.4, 0.5) is 0 Å². The summed E-state index contributed by atoms with van der Waals surface area (Å²) in [5.74, 6) is 0.658. The first-order valence-electron chi connectivity index (χ1n) is 5.52. The number of hydrogen-bond donors (Lipinski definition) is 1. The van der Waals surface area contributed by atoms with Crippen LogP contribution in [-0.4, -0.2) is 29.7 Å². The lowest BCUT2D eigenvalue weighted by Crippen LogP contribution is -2.44. The average Bonchev–Trinajstić information content (AvgIpc) is 2.24. The van der Waals surface area contributed by atoms with Gasteiger partial charge in [0.05, 0.1) is 5.60 Å². The number of ketones is 1. The first kappa shape index (κ1) is 10.1. The number of hydrogen-bond acceptors (Lipinski definition) is 3. The molecule has 0 radical (unpaired) electrons. The molecule has 2 fully saturated rings. The van der Waals surface area contributed by atoms with Gasteiger partial charge in [0, 0.05) is 26.1 Å². The molecule has 80 valence electrons. The standard InChI is InChI=1S/C11H18O3/c12-10-1-5-11(13,6-2-10)9-3-7-14-8-4-9/h9,13H,1-8H2. The zero-order chi connectivity index (χ0) is 10.0. The van der Waals surface area contributed by atoms with Crippen molar-refractivity contribution in [2.24, 2.45) is 5.92 Å². The minimum Gasteiger partial charge on any atom is -0.390 e. The van der Waals surface area contributed by atoms with Gasteiger partial charge in [-0.05, 0) is 31.6 Å². The maximum Gasteiger partial charge on any atom is 0.133 e. The molecule has 2 rings (SSSR count). The van der Waals surface area contributed by atoms with Crippen LogP contribution in [0.15, 0.2) is 0 Å². The normalized spacial score (nSPS) is 29.1. The summed E-state index contributed by atoms with van der Waals surface area (Å²) in [7, 11) is 0. The Morgan fingerprint density at radius 2 is 1.79 bits per heavy atom. The van der Waals surface area contributed by atoms with Gasteiger partial charge in [-0.2, -0.15) is 0 Å². The number of rotatable bonds is 1. The van der Waals surface area contributed by atoms with Crippen molar-refractivity contribution in [2.75, 3.05) is 13.2 Å². The molecular formula is C11H18O3. The van der Waals surface area contributed by atoms with E-state index in [2.05, 4.69) is 0 Å². The molecule has 1 saturated heterocycles. The van der Waals surface area contributed by atoms with E-state index in [-0.39, 0.29) is 0 Å².